The fourth-order valence-corrected chi connectivity index (χ4v) is 4.27. The average molecular weight is 469 g/mol. The lowest BCUT2D eigenvalue weighted by Gasteiger charge is -2.28. The number of likely N-dealkylation sites (N-methyl/N-ethyl adjacent to an activating group) is 1. The third kappa shape index (κ3) is 4.14. The summed E-state index contributed by atoms with van der Waals surface area (Å²) in [6.45, 7) is 3.71. The number of aromatic hydroxyl groups is 1. The molecule has 2 aromatic carbocycles. The first-order valence-electron chi connectivity index (χ1n) is 11.1. The molecule has 2 aromatic rings. The van der Waals surface area contributed by atoms with Gasteiger partial charge in [-0.25, -0.2) is 0 Å². The van der Waals surface area contributed by atoms with Crippen molar-refractivity contribution < 1.29 is 34.0 Å². The third-order valence-electron chi connectivity index (χ3n) is 6.00. The maximum absolute atomic E-state index is 13.1. The van der Waals surface area contributed by atoms with Gasteiger partial charge in [-0.1, -0.05) is 6.07 Å². The molecule has 0 saturated carbocycles. The molecule has 0 aromatic heterocycles. The Morgan fingerprint density at radius 1 is 1.21 bits per heavy atom. The minimum atomic E-state index is -0.875. The van der Waals surface area contributed by atoms with Crippen LogP contribution in [0, 0.1) is 0 Å². The van der Waals surface area contributed by atoms with Gasteiger partial charge in [0.2, 0.25) is 0 Å². The largest absolute Gasteiger partial charge is 0.507 e. The van der Waals surface area contributed by atoms with Gasteiger partial charge in [-0.2, -0.15) is 0 Å². The van der Waals surface area contributed by atoms with E-state index in [1.807, 2.05) is 11.9 Å². The number of carbonyl (C=O) groups excluding carboxylic acids is 2. The van der Waals surface area contributed by atoms with Crippen molar-refractivity contribution in [3.05, 3.63) is 53.1 Å². The number of amides is 1. The predicted octanol–water partition coefficient (Wildman–Crippen LogP) is 2.69. The van der Waals surface area contributed by atoms with Crippen LogP contribution in [0.3, 0.4) is 0 Å². The number of aliphatic hydroxyl groups excluding tert-OH is 1. The number of phenols is 1. The number of anilines is 1. The van der Waals surface area contributed by atoms with E-state index in [-0.39, 0.29) is 36.0 Å². The van der Waals surface area contributed by atoms with E-state index in [1.54, 1.807) is 37.3 Å². The Hall–Kier alpha value is -3.72. The number of ketones is 1. The van der Waals surface area contributed by atoms with Crippen LogP contribution in [-0.2, 0) is 14.3 Å². The fraction of sp³-hybridized carbons (Fsp3) is 0.360. The lowest BCUT2D eigenvalue weighted by molar-refractivity contribution is -0.140. The Morgan fingerprint density at radius 3 is 2.74 bits per heavy atom. The van der Waals surface area contributed by atoms with E-state index in [0.717, 1.165) is 5.69 Å². The molecule has 1 amide bonds. The molecule has 1 unspecified atom stereocenters. The first-order chi connectivity index (χ1) is 16.4. The van der Waals surface area contributed by atoms with Gasteiger partial charge in [-0.15, -0.1) is 0 Å². The molecule has 0 bridgehead atoms. The van der Waals surface area contributed by atoms with Gasteiger partial charge in [0, 0.05) is 26.3 Å². The fourth-order valence-electron chi connectivity index (χ4n) is 4.27. The zero-order chi connectivity index (χ0) is 24.4. The molecule has 9 nitrogen and oxygen atoms in total. The van der Waals surface area contributed by atoms with Crippen molar-refractivity contribution in [2.24, 2.45) is 0 Å². The Labute approximate surface area is 197 Å². The number of aliphatic hydroxyl groups is 1. The van der Waals surface area contributed by atoms with E-state index in [2.05, 4.69) is 0 Å². The second-order valence-electron chi connectivity index (χ2n) is 8.10. The molecule has 2 heterocycles. The second kappa shape index (κ2) is 9.64. The van der Waals surface area contributed by atoms with Crippen LogP contribution in [0.4, 0.5) is 5.69 Å². The van der Waals surface area contributed by atoms with Crippen LogP contribution in [-0.4, -0.2) is 73.9 Å². The SMILES string of the molecule is CCOc1cc(C2/C(=C(\O)c3ccc4c(c3)N(C)CCO4)C(=O)C(=O)N2CCOC)ccc1O. The summed E-state index contributed by atoms with van der Waals surface area (Å²) in [5.74, 6) is -0.944. The van der Waals surface area contributed by atoms with Crippen LogP contribution in [0.15, 0.2) is 42.0 Å². The average Bonchev–Trinajstić information content (AvgIpc) is 3.08. The molecule has 9 heteroatoms. The van der Waals surface area contributed by atoms with Crippen molar-refractivity contribution in [2.45, 2.75) is 13.0 Å². The van der Waals surface area contributed by atoms with Gasteiger partial charge in [-0.3, -0.25) is 9.59 Å². The number of ether oxygens (including phenoxy) is 3. The van der Waals surface area contributed by atoms with Crippen LogP contribution in [0.2, 0.25) is 0 Å². The topological polar surface area (TPSA) is 109 Å². The van der Waals surface area contributed by atoms with E-state index in [1.165, 1.54) is 18.1 Å². The predicted molar refractivity (Wildman–Crippen MR) is 125 cm³/mol. The van der Waals surface area contributed by atoms with Crippen LogP contribution in [0.5, 0.6) is 17.2 Å². The quantitative estimate of drug-likeness (QED) is 0.363. The molecule has 180 valence electrons. The Kier molecular flexibility index (Phi) is 6.65. The summed E-state index contributed by atoms with van der Waals surface area (Å²) >= 11 is 0. The zero-order valence-corrected chi connectivity index (χ0v) is 19.4. The van der Waals surface area contributed by atoms with Gasteiger partial charge < -0.3 is 34.2 Å². The highest BCUT2D eigenvalue weighted by atomic mass is 16.5. The number of rotatable bonds is 7. The molecule has 4 rings (SSSR count). The molecule has 0 spiro atoms. The van der Waals surface area contributed by atoms with E-state index < -0.39 is 17.7 Å². The second-order valence-corrected chi connectivity index (χ2v) is 8.10. The number of carbonyl (C=O) groups is 2. The minimum absolute atomic E-state index is 0.0337. The van der Waals surface area contributed by atoms with Gasteiger partial charge in [0.15, 0.2) is 11.5 Å². The number of methoxy groups -OCH3 is 1. The highest BCUT2D eigenvalue weighted by molar-refractivity contribution is 6.46. The summed E-state index contributed by atoms with van der Waals surface area (Å²) in [7, 11) is 3.42. The summed E-state index contributed by atoms with van der Waals surface area (Å²) in [6, 6.07) is 8.90. The summed E-state index contributed by atoms with van der Waals surface area (Å²) in [5.41, 5.74) is 1.67. The van der Waals surface area contributed by atoms with E-state index >= 15 is 0 Å². The Balaban J connectivity index is 1.86. The van der Waals surface area contributed by atoms with E-state index in [9.17, 15) is 19.8 Å². The summed E-state index contributed by atoms with van der Waals surface area (Å²) in [4.78, 5) is 29.5. The molecule has 2 N–H and O–H groups in total. The van der Waals surface area contributed by atoms with Crippen molar-refractivity contribution in [2.75, 3.05) is 52.0 Å². The number of nitrogens with zero attached hydrogens (tertiary/aromatic N) is 2. The van der Waals surface area contributed by atoms with Gasteiger partial charge in [0.25, 0.3) is 11.7 Å². The first-order valence-corrected chi connectivity index (χ1v) is 11.1. The normalized spacial score (nSPS) is 19.2. The molecule has 2 aliphatic heterocycles. The smallest absolute Gasteiger partial charge is 0.295 e. The monoisotopic (exact) mass is 468 g/mol. The Morgan fingerprint density at radius 2 is 2.00 bits per heavy atom. The molecular formula is C25H28N2O7. The molecule has 1 fully saturated rings. The van der Waals surface area contributed by atoms with E-state index in [4.69, 9.17) is 14.2 Å². The number of benzene rings is 2. The number of hydrogen-bond donors (Lipinski definition) is 2. The Bertz CT molecular complexity index is 1140. The summed E-state index contributed by atoms with van der Waals surface area (Å²) < 4.78 is 16.3. The highest BCUT2D eigenvalue weighted by Gasteiger charge is 2.46. The summed E-state index contributed by atoms with van der Waals surface area (Å²) in [6.07, 6.45) is 0. The molecule has 1 saturated heterocycles. The van der Waals surface area contributed by atoms with Crippen LogP contribution >= 0.6 is 0 Å². The van der Waals surface area contributed by atoms with Crippen LogP contribution in [0.1, 0.15) is 24.1 Å². The van der Waals surface area contributed by atoms with Crippen molar-refractivity contribution in [3.8, 4) is 17.2 Å². The number of Topliss-reactive ketones (excluding diaryl/α,β-unsaturated/α-hetero) is 1. The van der Waals surface area contributed by atoms with Crippen molar-refractivity contribution >= 4 is 23.1 Å². The standard InChI is InChI=1S/C25H28N2O7/c1-4-33-20-14-15(5-7-18(20)28)22-21(24(30)25(31)27(22)10-11-32-3)23(29)16-6-8-19-17(13-16)26(2)9-12-34-19/h5-8,13-14,22,28-29H,4,9-12H2,1-3H3/b23-21+. The van der Waals surface area contributed by atoms with Crippen LogP contribution in [0.25, 0.3) is 5.76 Å². The third-order valence-corrected chi connectivity index (χ3v) is 6.00. The lowest BCUT2D eigenvalue weighted by Crippen LogP contribution is -2.32. The van der Waals surface area contributed by atoms with Gasteiger partial charge in [-0.05, 0) is 42.8 Å². The van der Waals surface area contributed by atoms with Crippen molar-refractivity contribution in [1.82, 2.24) is 4.90 Å². The maximum atomic E-state index is 13.1. The number of phenolic OH excluding ortho intramolecular Hbond substituents is 1. The first kappa shape index (κ1) is 23.4. The van der Waals surface area contributed by atoms with Gasteiger partial charge in [0.1, 0.15) is 18.1 Å². The van der Waals surface area contributed by atoms with E-state index in [0.29, 0.717) is 36.6 Å². The highest BCUT2D eigenvalue weighted by Crippen LogP contribution is 2.42. The molecule has 2 aliphatic rings. The number of likely N-dealkylation sites (tertiary alicyclic amines) is 1. The minimum Gasteiger partial charge on any atom is -0.507 e. The number of fused-ring (bicyclic) bond motifs is 1. The van der Waals surface area contributed by atoms with Crippen molar-refractivity contribution in [1.29, 1.82) is 0 Å². The molecule has 0 radical (unpaired) electrons. The zero-order valence-electron chi connectivity index (χ0n) is 19.4. The number of hydrogen-bond acceptors (Lipinski definition) is 8. The lowest BCUT2D eigenvalue weighted by atomic mass is 9.94. The van der Waals surface area contributed by atoms with Gasteiger partial charge in [0.05, 0.1) is 37.1 Å². The molecule has 34 heavy (non-hydrogen) atoms. The van der Waals surface area contributed by atoms with Gasteiger partial charge >= 0.3 is 0 Å². The molecule has 1 atom stereocenters. The van der Waals surface area contributed by atoms with Crippen molar-refractivity contribution in [3.63, 3.8) is 0 Å². The molecular weight excluding hydrogens is 440 g/mol. The van der Waals surface area contributed by atoms with Crippen LogP contribution < -0.4 is 14.4 Å². The summed E-state index contributed by atoms with van der Waals surface area (Å²) in [5, 5.41) is 21.4. The maximum Gasteiger partial charge on any atom is 0.295 e. The molecule has 0 aliphatic carbocycles.